The molecule has 2 aromatic rings. The molecule has 1 aromatic heterocycles. The van der Waals surface area contributed by atoms with Crippen molar-refractivity contribution in [3.63, 3.8) is 0 Å². The molecule has 0 amide bonds. The van der Waals surface area contributed by atoms with Crippen LogP contribution in [0.15, 0.2) is 24.3 Å². The van der Waals surface area contributed by atoms with Crippen LogP contribution in [0.3, 0.4) is 0 Å². The van der Waals surface area contributed by atoms with Crippen molar-refractivity contribution in [2.24, 2.45) is 5.92 Å². The predicted molar refractivity (Wildman–Crippen MR) is 86.1 cm³/mol. The first-order chi connectivity index (χ1) is 9.72. The van der Waals surface area contributed by atoms with E-state index in [0.29, 0.717) is 6.04 Å². The minimum Gasteiger partial charge on any atom is -0.308 e. The van der Waals surface area contributed by atoms with Crippen molar-refractivity contribution in [3.8, 4) is 0 Å². The molecule has 1 unspecified atom stereocenters. The van der Waals surface area contributed by atoms with Gasteiger partial charge in [0.25, 0.3) is 0 Å². The van der Waals surface area contributed by atoms with Crippen molar-refractivity contribution in [2.75, 3.05) is 20.1 Å². The highest BCUT2D eigenvalue weighted by atomic mass is 32.1. The van der Waals surface area contributed by atoms with E-state index < -0.39 is 0 Å². The third-order valence-electron chi connectivity index (χ3n) is 4.38. The summed E-state index contributed by atoms with van der Waals surface area (Å²) in [6.45, 7) is 5.69. The molecule has 0 saturated carbocycles. The van der Waals surface area contributed by atoms with E-state index in [1.807, 2.05) is 0 Å². The van der Waals surface area contributed by atoms with Crippen LogP contribution in [0.5, 0.6) is 0 Å². The number of hydrogen-bond acceptors (Lipinski definition) is 4. The van der Waals surface area contributed by atoms with Gasteiger partial charge in [-0.3, -0.25) is 0 Å². The van der Waals surface area contributed by atoms with Gasteiger partial charge in [0.2, 0.25) is 0 Å². The number of nitrogens with zero attached hydrogens (tertiary/aromatic N) is 2. The standard InChI is InChI=1S/C16H23N3S/c1-12(13-7-9-19(2)10-8-13)17-11-16-18-14-5-3-4-6-15(14)20-16/h3-6,12-13,17H,7-11H2,1-2H3. The topological polar surface area (TPSA) is 28.2 Å². The van der Waals surface area contributed by atoms with E-state index in [9.17, 15) is 0 Å². The zero-order valence-corrected chi connectivity index (χ0v) is 13.1. The Morgan fingerprint density at radius 3 is 2.85 bits per heavy atom. The number of para-hydroxylation sites is 1. The van der Waals surface area contributed by atoms with Crippen molar-refractivity contribution in [1.82, 2.24) is 15.2 Å². The van der Waals surface area contributed by atoms with Gasteiger partial charge in [0.15, 0.2) is 0 Å². The zero-order chi connectivity index (χ0) is 13.9. The fourth-order valence-corrected chi connectivity index (χ4v) is 3.86. The number of thiazole rings is 1. The van der Waals surface area contributed by atoms with Crippen LogP contribution in [0.2, 0.25) is 0 Å². The third-order valence-corrected chi connectivity index (χ3v) is 5.42. The average Bonchev–Trinajstić information content (AvgIpc) is 2.88. The van der Waals surface area contributed by atoms with Crippen LogP contribution in [0.1, 0.15) is 24.8 Å². The fraction of sp³-hybridized carbons (Fsp3) is 0.562. The van der Waals surface area contributed by atoms with Crippen LogP contribution < -0.4 is 5.32 Å². The molecule has 0 radical (unpaired) electrons. The molecule has 1 saturated heterocycles. The Bertz CT molecular complexity index is 525. The normalized spacial score (nSPS) is 19.5. The second-order valence-electron chi connectivity index (χ2n) is 5.89. The SMILES string of the molecule is CC(NCc1nc2ccccc2s1)C1CCN(C)CC1. The van der Waals surface area contributed by atoms with Crippen LogP contribution >= 0.6 is 11.3 Å². The smallest absolute Gasteiger partial charge is 0.108 e. The average molecular weight is 289 g/mol. The lowest BCUT2D eigenvalue weighted by atomic mass is 9.90. The Kier molecular flexibility index (Phi) is 4.34. The van der Waals surface area contributed by atoms with Crippen molar-refractivity contribution in [3.05, 3.63) is 29.3 Å². The number of aromatic nitrogens is 1. The van der Waals surface area contributed by atoms with Gasteiger partial charge in [-0.2, -0.15) is 0 Å². The molecule has 0 bridgehead atoms. The van der Waals surface area contributed by atoms with Gasteiger partial charge in [-0.15, -0.1) is 11.3 Å². The first-order valence-corrected chi connectivity index (χ1v) is 8.30. The maximum Gasteiger partial charge on any atom is 0.108 e. The number of likely N-dealkylation sites (tertiary alicyclic amines) is 1. The van der Waals surface area contributed by atoms with E-state index in [1.165, 1.54) is 35.6 Å². The maximum atomic E-state index is 4.69. The lowest BCUT2D eigenvalue weighted by Gasteiger charge is -2.33. The molecule has 1 aromatic carbocycles. The van der Waals surface area contributed by atoms with Gasteiger partial charge in [-0.05, 0) is 58.0 Å². The quantitative estimate of drug-likeness (QED) is 0.937. The summed E-state index contributed by atoms with van der Waals surface area (Å²) in [6.07, 6.45) is 2.62. The monoisotopic (exact) mass is 289 g/mol. The fourth-order valence-electron chi connectivity index (χ4n) is 2.94. The third kappa shape index (κ3) is 3.19. The molecule has 20 heavy (non-hydrogen) atoms. The van der Waals surface area contributed by atoms with E-state index in [4.69, 9.17) is 0 Å². The van der Waals surface area contributed by atoms with Crippen LogP contribution in [0, 0.1) is 5.92 Å². The van der Waals surface area contributed by atoms with Gasteiger partial charge < -0.3 is 10.2 Å². The van der Waals surface area contributed by atoms with Crippen molar-refractivity contribution in [2.45, 2.75) is 32.4 Å². The molecule has 1 fully saturated rings. The van der Waals surface area contributed by atoms with Crippen LogP contribution in [-0.4, -0.2) is 36.1 Å². The molecule has 1 aliphatic rings. The molecule has 1 N–H and O–H groups in total. The molecule has 2 heterocycles. The second kappa shape index (κ2) is 6.20. The summed E-state index contributed by atoms with van der Waals surface area (Å²) in [7, 11) is 2.22. The van der Waals surface area contributed by atoms with E-state index >= 15 is 0 Å². The molecule has 4 heteroatoms. The number of piperidine rings is 1. The van der Waals surface area contributed by atoms with Crippen molar-refractivity contribution >= 4 is 21.6 Å². The first-order valence-electron chi connectivity index (χ1n) is 7.49. The van der Waals surface area contributed by atoms with Gasteiger partial charge in [0.05, 0.1) is 10.2 Å². The van der Waals surface area contributed by atoms with Gasteiger partial charge in [0, 0.05) is 12.6 Å². The minimum absolute atomic E-state index is 0.579. The Balaban J connectivity index is 1.56. The minimum atomic E-state index is 0.579. The molecule has 0 aliphatic carbocycles. The molecule has 3 nitrogen and oxygen atoms in total. The summed E-state index contributed by atoms with van der Waals surface area (Å²) < 4.78 is 1.29. The van der Waals surface area contributed by atoms with Crippen molar-refractivity contribution < 1.29 is 0 Å². The Morgan fingerprint density at radius 2 is 2.10 bits per heavy atom. The molecule has 0 spiro atoms. The van der Waals surface area contributed by atoms with E-state index in [1.54, 1.807) is 11.3 Å². The highest BCUT2D eigenvalue weighted by Gasteiger charge is 2.22. The summed E-state index contributed by atoms with van der Waals surface area (Å²) in [4.78, 5) is 7.12. The van der Waals surface area contributed by atoms with Crippen LogP contribution in [-0.2, 0) is 6.54 Å². The second-order valence-corrected chi connectivity index (χ2v) is 7.00. The van der Waals surface area contributed by atoms with Gasteiger partial charge in [-0.1, -0.05) is 12.1 Å². The Hall–Kier alpha value is -0.970. The summed E-state index contributed by atoms with van der Waals surface area (Å²) in [5.41, 5.74) is 1.13. The molecule has 1 aliphatic heterocycles. The van der Waals surface area contributed by atoms with Crippen LogP contribution in [0.4, 0.5) is 0 Å². The van der Waals surface area contributed by atoms with E-state index in [2.05, 4.69) is 53.4 Å². The molecular formula is C16H23N3S. The zero-order valence-electron chi connectivity index (χ0n) is 12.3. The number of nitrogens with one attached hydrogen (secondary N) is 1. The molecule has 3 rings (SSSR count). The van der Waals surface area contributed by atoms with E-state index in [-0.39, 0.29) is 0 Å². The van der Waals surface area contributed by atoms with Crippen molar-refractivity contribution in [1.29, 1.82) is 0 Å². The molecule has 1 atom stereocenters. The molecule has 108 valence electrons. The summed E-state index contributed by atoms with van der Waals surface area (Å²) in [6, 6.07) is 8.96. The Labute approximate surface area is 125 Å². The molecular weight excluding hydrogens is 266 g/mol. The number of benzene rings is 1. The van der Waals surface area contributed by atoms with Gasteiger partial charge in [-0.25, -0.2) is 4.98 Å². The lowest BCUT2D eigenvalue weighted by Crippen LogP contribution is -2.40. The lowest BCUT2D eigenvalue weighted by molar-refractivity contribution is 0.189. The van der Waals surface area contributed by atoms with Crippen LogP contribution in [0.25, 0.3) is 10.2 Å². The highest BCUT2D eigenvalue weighted by molar-refractivity contribution is 7.18. The number of fused-ring (bicyclic) bond motifs is 1. The van der Waals surface area contributed by atoms with Gasteiger partial charge >= 0.3 is 0 Å². The highest BCUT2D eigenvalue weighted by Crippen LogP contribution is 2.23. The number of hydrogen-bond donors (Lipinski definition) is 1. The van der Waals surface area contributed by atoms with Gasteiger partial charge in [0.1, 0.15) is 5.01 Å². The maximum absolute atomic E-state index is 4.69. The summed E-state index contributed by atoms with van der Waals surface area (Å²) >= 11 is 1.80. The number of rotatable bonds is 4. The summed E-state index contributed by atoms with van der Waals surface area (Å²) in [5, 5.41) is 4.87. The Morgan fingerprint density at radius 1 is 1.35 bits per heavy atom. The first kappa shape index (κ1) is 14.0. The predicted octanol–water partition coefficient (Wildman–Crippen LogP) is 3.12. The van der Waals surface area contributed by atoms with E-state index in [0.717, 1.165) is 18.0 Å². The summed E-state index contributed by atoms with van der Waals surface area (Å²) in [5.74, 6) is 0.806. The largest absolute Gasteiger partial charge is 0.308 e.